The summed E-state index contributed by atoms with van der Waals surface area (Å²) in [6.07, 6.45) is 0. The molecule has 0 aromatic carbocycles. The first kappa shape index (κ1) is 12.3. The van der Waals surface area contributed by atoms with Crippen LogP contribution in [0.15, 0.2) is 6.07 Å². The first-order valence-electron chi connectivity index (χ1n) is 5.16. The van der Waals surface area contributed by atoms with Crippen LogP contribution in [0.5, 0.6) is 0 Å². The Balaban J connectivity index is 2.48. The molecular formula is C12H13NO2S2. The number of hydrogen-bond acceptors (Lipinski definition) is 5. The van der Waals surface area contributed by atoms with Crippen LogP contribution in [0.4, 0.5) is 0 Å². The Hall–Kier alpha value is -1.20. The average molecular weight is 267 g/mol. The maximum atomic E-state index is 11.5. The average Bonchev–Trinajstić information content (AvgIpc) is 2.80. The van der Waals surface area contributed by atoms with Gasteiger partial charge in [-0.3, -0.25) is 0 Å². The molecule has 0 aliphatic carbocycles. The van der Waals surface area contributed by atoms with Crippen LogP contribution in [0.1, 0.15) is 25.1 Å². The molecule has 0 aliphatic heterocycles. The molecule has 0 N–H and O–H groups in total. The number of aromatic nitrogens is 1. The van der Waals surface area contributed by atoms with Gasteiger partial charge < -0.3 is 4.74 Å². The first-order valence-corrected chi connectivity index (χ1v) is 6.79. The van der Waals surface area contributed by atoms with E-state index in [2.05, 4.69) is 24.9 Å². The Kier molecular flexibility index (Phi) is 3.31. The molecule has 2 rings (SSSR count). The van der Waals surface area contributed by atoms with Crippen molar-refractivity contribution in [2.45, 2.75) is 20.8 Å². The van der Waals surface area contributed by atoms with Gasteiger partial charge in [0, 0.05) is 15.3 Å². The molecule has 0 radical (unpaired) electrons. The van der Waals surface area contributed by atoms with Crippen LogP contribution >= 0.6 is 22.7 Å². The van der Waals surface area contributed by atoms with Gasteiger partial charge in [0.05, 0.1) is 12.8 Å². The van der Waals surface area contributed by atoms with Gasteiger partial charge in [-0.1, -0.05) is 0 Å². The molecule has 3 nitrogen and oxygen atoms in total. The second-order valence-electron chi connectivity index (χ2n) is 3.75. The van der Waals surface area contributed by atoms with E-state index in [9.17, 15) is 4.79 Å². The summed E-state index contributed by atoms with van der Waals surface area (Å²) in [7, 11) is 1.39. The molecule has 0 atom stereocenters. The van der Waals surface area contributed by atoms with Crippen molar-refractivity contribution >= 4 is 28.6 Å². The Morgan fingerprint density at radius 1 is 1.29 bits per heavy atom. The SMILES string of the molecule is COC(=O)c1sc(-c2cc(C)sc2C)nc1C. The summed E-state index contributed by atoms with van der Waals surface area (Å²) in [6, 6.07) is 2.11. The number of esters is 1. The summed E-state index contributed by atoms with van der Waals surface area (Å²) in [5, 5.41) is 0.893. The third-order valence-electron chi connectivity index (χ3n) is 2.44. The Bertz CT molecular complexity index is 569. The molecule has 0 fully saturated rings. The summed E-state index contributed by atoms with van der Waals surface area (Å²) in [6.45, 7) is 5.98. The number of ether oxygens (including phenoxy) is 1. The van der Waals surface area contributed by atoms with Gasteiger partial charge in [0.1, 0.15) is 9.88 Å². The number of rotatable bonds is 2. The highest BCUT2D eigenvalue weighted by Crippen LogP contribution is 2.34. The van der Waals surface area contributed by atoms with Crippen LogP contribution in [0.3, 0.4) is 0 Å². The van der Waals surface area contributed by atoms with Crippen molar-refractivity contribution < 1.29 is 9.53 Å². The lowest BCUT2D eigenvalue weighted by Gasteiger charge is -1.93. The van der Waals surface area contributed by atoms with Crippen LogP contribution in [0.2, 0.25) is 0 Å². The highest BCUT2D eigenvalue weighted by Gasteiger charge is 2.18. The van der Waals surface area contributed by atoms with Crippen LogP contribution in [-0.2, 0) is 4.74 Å². The van der Waals surface area contributed by atoms with Crippen molar-refractivity contribution in [1.29, 1.82) is 0 Å². The van der Waals surface area contributed by atoms with Crippen LogP contribution in [0, 0.1) is 20.8 Å². The molecule has 2 aromatic heterocycles. The predicted octanol–water partition coefficient (Wildman–Crippen LogP) is 3.58. The van der Waals surface area contributed by atoms with Crippen molar-refractivity contribution in [2.75, 3.05) is 7.11 Å². The van der Waals surface area contributed by atoms with Gasteiger partial charge in [-0.25, -0.2) is 9.78 Å². The molecule has 90 valence electrons. The quantitative estimate of drug-likeness (QED) is 0.781. The molecule has 0 saturated carbocycles. The number of nitrogens with zero attached hydrogens (tertiary/aromatic N) is 1. The van der Waals surface area contributed by atoms with Crippen molar-refractivity contribution in [3.8, 4) is 10.6 Å². The standard InChI is InChI=1S/C12H13NO2S2/c1-6-5-9(8(3)16-6)11-13-7(2)10(17-11)12(14)15-4/h5H,1-4H3. The van der Waals surface area contributed by atoms with Gasteiger partial charge in [-0.15, -0.1) is 22.7 Å². The lowest BCUT2D eigenvalue weighted by molar-refractivity contribution is 0.0605. The largest absolute Gasteiger partial charge is 0.465 e. The maximum Gasteiger partial charge on any atom is 0.349 e. The minimum absolute atomic E-state index is 0.309. The summed E-state index contributed by atoms with van der Waals surface area (Å²) in [5.41, 5.74) is 1.86. The number of carbonyl (C=O) groups excluding carboxylic acids is 1. The smallest absolute Gasteiger partial charge is 0.349 e. The lowest BCUT2D eigenvalue weighted by Crippen LogP contribution is -1.99. The van der Waals surface area contributed by atoms with E-state index in [4.69, 9.17) is 4.74 Å². The van der Waals surface area contributed by atoms with Gasteiger partial charge in [-0.2, -0.15) is 0 Å². The molecular weight excluding hydrogens is 254 g/mol. The fourth-order valence-corrected chi connectivity index (χ4v) is 3.68. The molecule has 5 heteroatoms. The fraction of sp³-hybridized carbons (Fsp3) is 0.333. The van der Waals surface area contributed by atoms with E-state index in [0.29, 0.717) is 4.88 Å². The van der Waals surface area contributed by atoms with Crippen molar-refractivity contribution in [1.82, 2.24) is 4.98 Å². The summed E-state index contributed by atoms with van der Waals surface area (Å²) in [4.78, 5) is 19.0. The molecule has 2 heterocycles. The molecule has 0 spiro atoms. The molecule has 0 amide bonds. The normalized spacial score (nSPS) is 10.6. The van der Waals surface area contributed by atoms with Crippen molar-refractivity contribution in [2.24, 2.45) is 0 Å². The van der Waals surface area contributed by atoms with Crippen LogP contribution < -0.4 is 0 Å². The predicted molar refractivity (Wildman–Crippen MR) is 71.0 cm³/mol. The van der Waals surface area contributed by atoms with E-state index >= 15 is 0 Å². The summed E-state index contributed by atoms with van der Waals surface area (Å²) < 4.78 is 4.74. The zero-order valence-electron chi connectivity index (χ0n) is 10.2. The molecule has 0 saturated heterocycles. The Labute approximate surface area is 108 Å². The number of aryl methyl sites for hydroxylation is 3. The Morgan fingerprint density at radius 3 is 2.53 bits per heavy atom. The lowest BCUT2D eigenvalue weighted by atomic mass is 10.2. The fourth-order valence-electron chi connectivity index (χ4n) is 1.64. The second kappa shape index (κ2) is 4.58. The third-order valence-corrected chi connectivity index (χ3v) is 4.58. The van der Waals surface area contributed by atoms with Gasteiger partial charge in [0.2, 0.25) is 0 Å². The van der Waals surface area contributed by atoms with Crippen molar-refractivity contribution in [3.63, 3.8) is 0 Å². The van der Waals surface area contributed by atoms with Gasteiger partial charge >= 0.3 is 5.97 Å². The molecule has 2 aromatic rings. The molecule has 0 aliphatic rings. The first-order chi connectivity index (χ1) is 8.02. The third kappa shape index (κ3) is 2.25. The summed E-state index contributed by atoms with van der Waals surface area (Å²) >= 11 is 3.14. The number of thiazole rings is 1. The van der Waals surface area contributed by atoms with Gasteiger partial charge in [0.25, 0.3) is 0 Å². The van der Waals surface area contributed by atoms with Gasteiger partial charge in [0.15, 0.2) is 0 Å². The number of hydrogen-bond donors (Lipinski definition) is 0. The minimum atomic E-state index is -0.309. The highest BCUT2D eigenvalue weighted by atomic mass is 32.1. The number of thiophene rings is 1. The van der Waals surface area contributed by atoms with Crippen LogP contribution in [0.25, 0.3) is 10.6 Å². The minimum Gasteiger partial charge on any atom is -0.465 e. The number of carbonyl (C=O) groups is 1. The number of methoxy groups -OCH3 is 1. The van der Waals surface area contributed by atoms with Crippen LogP contribution in [-0.4, -0.2) is 18.1 Å². The maximum absolute atomic E-state index is 11.5. The Morgan fingerprint density at radius 2 is 2.00 bits per heavy atom. The van der Waals surface area contributed by atoms with E-state index in [1.807, 2.05) is 6.92 Å². The molecule has 0 bridgehead atoms. The zero-order chi connectivity index (χ0) is 12.6. The van der Waals surface area contributed by atoms with E-state index in [-0.39, 0.29) is 5.97 Å². The van der Waals surface area contributed by atoms with E-state index < -0.39 is 0 Å². The van der Waals surface area contributed by atoms with E-state index in [1.54, 1.807) is 11.3 Å². The topological polar surface area (TPSA) is 39.2 Å². The zero-order valence-corrected chi connectivity index (χ0v) is 11.8. The van der Waals surface area contributed by atoms with Gasteiger partial charge in [-0.05, 0) is 26.8 Å². The van der Waals surface area contributed by atoms with Crippen molar-refractivity contribution in [3.05, 3.63) is 26.4 Å². The summed E-state index contributed by atoms with van der Waals surface area (Å²) in [5.74, 6) is -0.309. The second-order valence-corrected chi connectivity index (χ2v) is 6.21. The monoisotopic (exact) mass is 267 g/mol. The van der Waals surface area contributed by atoms with E-state index in [0.717, 1.165) is 16.3 Å². The molecule has 0 unspecified atom stereocenters. The highest BCUT2D eigenvalue weighted by molar-refractivity contribution is 7.18. The molecule has 17 heavy (non-hydrogen) atoms. The van der Waals surface area contributed by atoms with E-state index in [1.165, 1.54) is 28.2 Å².